The van der Waals surface area contributed by atoms with E-state index < -0.39 is 11.1 Å². The van der Waals surface area contributed by atoms with Gasteiger partial charge in [0.25, 0.3) is 0 Å². The Morgan fingerprint density at radius 2 is 1.90 bits per heavy atom. The Bertz CT molecular complexity index is 734. The third-order valence-electron chi connectivity index (χ3n) is 4.04. The van der Waals surface area contributed by atoms with Gasteiger partial charge in [-0.15, -0.1) is 0 Å². The molecule has 0 spiro atoms. The lowest BCUT2D eigenvalue weighted by atomic mass is 10.0. The van der Waals surface area contributed by atoms with Crippen LogP contribution in [-0.2, 0) is 0 Å². The molecule has 1 fully saturated rings. The van der Waals surface area contributed by atoms with E-state index in [-0.39, 0.29) is 0 Å². The fourth-order valence-corrected chi connectivity index (χ4v) is 2.93. The summed E-state index contributed by atoms with van der Waals surface area (Å²) in [6.45, 7) is 0.690. The summed E-state index contributed by atoms with van der Waals surface area (Å²) in [5, 5.41) is 3.47. The topological polar surface area (TPSA) is 104 Å². The van der Waals surface area contributed by atoms with Gasteiger partial charge < -0.3 is 21.0 Å². The predicted octanol–water partition coefficient (Wildman–Crippen LogP) is 0.756. The molecule has 1 aromatic carbocycles. The fourth-order valence-electron chi connectivity index (χ4n) is 2.93. The van der Waals surface area contributed by atoms with E-state index in [0.29, 0.717) is 29.5 Å². The Balaban J connectivity index is 1.91. The maximum atomic E-state index is 11.4. The summed E-state index contributed by atoms with van der Waals surface area (Å²) in [7, 11) is 0. The molecule has 5 N–H and O–H groups in total. The molecule has 1 aliphatic rings. The molecule has 1 saturated carbocycles. The number of H-pyrrole nitrogens is 2. The van der Waals surface area contributed by atoms with Gasteiger partial charge in [0.15, 0.2) is 0 Å². The highest BCUT2D eigenvalue weighted by molar-refractivity contribution is 5.78. The van der Waals surface area contributed by atoms with Crippen LogP contribution in [0.2, 0.25) is 0 Å². The van der Waals surface area contributed by atoms with E-state index in [4.69, 9.17) is 5.73 Å². The van der Waals surface area contributed by atoms with E-state index in [9.17, 15) is 9.59 Å². The van der Waals surface area contributed by atoms with Crippen molar-refractivity contribution in [1.29, 1.82) is 0 Å². The largest absolute Gasteiger partial charge is 0.382 e. The Kier molecular flexibility index (Phi) is 3.31. The molecular weight excluding hydrogens is 256 g/mol. The minimum absolute atomic E-state index is 0.381. The number of nitrogens with one attached hydrogen (secondary N) is 3. The van der Waals surface area contributed by atoms with Crippen LogP contribution in [0.1, 0.15) is 19.3 Å². The molecule has 3 rings (SSSR count). The maximum absolute atomic E-state index is 11.4. The average Bonchev–Trinajstić information content (AvgIpc) is 2.87. The molecule has 0 saturated heterocycles. The first kappa shape index (κ1) is 12.9. The second-order valence-corrected chi connectivity index (χ2v) is 5.35. The first-order valence-corrected chi connectivity index (χ1v) is 6.90. The summed E-state index contributed by atoms with van der Waals surface area (Å²) in [5.41, 5.74) is 6.71. The average molecular weight is 274 g/mol. The third kappa shape index (κ3) is 2.34. The molecule has 2 unspecified atom stereocenters. The number of hydrogen-bond donors (Lipinski definition) is 4. The van der Waals surface area contributed by atoms with Crippen LogP contribution in [0.25, 0.3) is 11.0 Å². The highest BCUT2D eigenvalue weighted by Crippen LogP contribution is 2.28. The smallest absolute Gasteiger partial charge is 0.314 e. The fraction of sp³-hybridized carbons (Fsp3) is 0.429. The van der Waals surface area contributed by atoms with Crippen molar-refractivity contribution < 1.29 is 0 Å². The minimum atomic E-state index is -0.629. The van der Waals surface area contributed by atoms with Gasteiger partial charge in [-0.25, -0.2) is 0 Å². The van der Waals surface area contributed by atoms with Crippen LogP contribution in [-0.4, -0.2) is 22.6 Å². The number of nitrogens with two attached hydrogens (primary N) is 1. The molecule has 6 heteroatoms. The number of anilines is 1. The minimum Gasteiger partial charge on any atom is -0.382 e. The van der Waals surface area contributed by atoms with Gasteiger partial charge in [0, 0.05) is 11.7 Å². The van der Waals surface area contributed by atoms with Crippen LogP contribution in [0.5, 0.6) is 0 Å². The standard InChI is InChI=1S/C14H18N4O2/c15-7-8-2-1-3-10(8)16-9-4-5-11-12(6-9)18-14(20)13(19)17-11/h4-6,8,10,16H,1-3,7,15H2,(H,17,19)(H,18,20). The van der Waals surface area contributed by atoms with Crippen LogP contribution in [0, 0.1) is 5.92 Å². The van der Waals surface area contributed by atoms with Crippen molar-refractivity contribution in [3.05, 3.63) is 38.9 Å². The quantitative estimate of drug-likeness (QED) is 0.620. The molecule has 0 bridgehead atoms. The molecule has 0 aliphatic heterocycles. The molecule has 6 nitrogen and oxygen atoms in total. The van der Waals surface area contributed by atoms with E-state index in [0.717, 1.165) is 18.5 Å². The van der Waals surface area contributed by atoms with Gasteiger partial charge in [-0.05, 0) is 43.5 Å². The lowest BCUT2D eigenvalue weighted by molar-refractivity contribution is 0.516. The molecule has 1 aromatic heterocycles. The lowest BCUT2D eigenvalue weighted by Crippen LogP contribution is -2.30. The van der Waals surface area contributed by atoms with Gasteiger partial charge in [-0.1, -0.05) is 6.42 Å². The van der Waals surface area contributed by atoms with Gasteiger partial charge >= 0.3 is 11.1 Å². The van der Waals surface area contributed by atoms with Crippen molar-refractivity contribution in [3.8, 4) is 0 Å². The van der Waals surface area contributed by atoms with Gasteiger partial charge in [-0.2, -0.15) is 0 Å². The van der Waals surface area contributed by atoms with Crippen LogP contribution in [0.15, 0.2) is 27.8 Å². The van der Waals surface area contributed by atoms with Crippen LogP contribution >= 0.6 is 0 Å². The maximum Gasteiger partial charge on any atom is 0.314 e. The van der Waals surface area contributed by atoms with E-state index >= 15 is 0 Å². The number of rotatable bonds is 3. The highest BCUT2D eigenvalue weighted by atomic mass is 16.2. The molecule has 2 aromatic rings. The number of hydrogen-bond acceptors (Lipinski definition) is 4. The van der Waals surface area contributed by atoms with Crippen LogP contribution in [0.3, 0.4) is 0 Å². The summed E-state index contributed by atoms with van der Waals surface area (Å²) in [5.74, 6) is 0.500. The van der Waals surface area contributed by atoms with Crippen LogP contribution < -0.4 is 22.2 Å². The van der Waals surface area contributed by atoms with Gasteiger partial charge in [0.05, 0.1) is 11.0 Å². The summed E-state index contributed by atoms with van der Waals surface area (Å²) in [6.07, 6.45) is 3.46. The SMILES string of the molecule is NCC1CCCC1Nc1ccc2[nH]c(=O)c(=O)[nH]c2c1. The number of benzene rings is 1. The Morgan fingerprint density at radius 1 is 1.15 bits per heavy atom. The number of aromatic nitrogens is 2. The van der Waals surface area contributed by atoms with E-state index in [2.05, 4.69) is 15.3 Å². The zero-order valence-electron chi connectivity index (χ0n) is 11.1. The summed E-state index contributed by atoms with van der Waals surface area (Å²) < 4.78 is 0. The van der Waals surface area contributed by atoms with Crippen LogP contribution in [0.4, 0.5) is 5.69 Å². The van der Waals surface area contributed by atoms with E-state index in [1.807, 2.05) is 12.1 Å². The van der Waals surface area contributed by atoms with Crippen molar-refractivity contribution in [1.82, 2.24) is 9.97 Å². The summed E-state index contributed by atoms with van der Waals surface area (Å²) in [4.78, 5) is 27.7. The number of aromatic amines is 2. The molecule has 1 aliphatic carbocycles. The Hall–Kier alpha value is -2.08. The predicted molar refractivity (Wildman–Crippen MR) is 79.0 cm³/mol. The molecule has 20 heavy (non-hydrogen) atoms. The second-order valence-electron chi connectivity index (χ2n) is 5.35. The Morgan fingerprint density at radius 3 is 2.65 bits per heavy atom. The van der Waals surface area contributed by atoms with Crippen molar-refractivity contribution in [2.24, 2.45) is 11.7 Å². The second kappa shape index (κ2) is 5.13. The highest BCUT2D eigenvalue weighted by Gasteiger charge is 2.25. The molecule has 0 amide bonds. The molecule has 106 valence electrons. The van der Waals surface area contributed by atoms with E-state index in [1.54, 1.807) is 6.07 Å². The lowest BCUT2D eigenvalue weighted by Gasteiger charge is -2.20. The summed E-state index contributed by atoms with van der Waals surface area (Å²) in [6, 6.07) is 5.93. The molecule has 2 atom stereocenters. The van der Waals surface area contributed by atoms with Crippen molar-refractivity contribution in [3.63, 3.8) is 0 Å². The zero-order chi connectivity index (χ0) is 14.1. The normalized spacial score (nSPS) is 22.2. The molecular formula is C14H18N4O2. The van der Waals surface area contributed by atoms with Gasteiger partial charge in [0.1, 0.15) is 0 Å². The van der Waals surface area contributed by atoms with Gasteiger partial charge in [0.2, 0.25) is 0 Å². The van der Waals surface area contributed by atoms with Crippen molar-refractivity contribution in [2.75, 3.05) is 11.9 Å². The Labute approximate surface area is 115 Å². The first-order chi connectivity index (χ1) is 9.67. The van der Waals surface area contributed by atoms with Crippen molar-refractivity contribution >= 4 is 16.7 Å². The zero-order valence-corrected chi connectivity index (χ0v) is 11.1. The third-order valence-corrected chi connectivity index (χ3v) is 4.04. The van der Waals surface area contributed by atoms with Gasteiger partial charge in [-0.3, -0.25) is 9.59 Å². The number of fused-ring (bicyclic) bond motifs is 1. The van der Waals surface area contributed by atoms with E-state index in [1.165, 1.54) is 6.42 Å². The molecule has 0 radical (unpaired) electrons. The van der Waals surface area contributed by atoms with Crippen molar-refractivity contribution in [2.45, 2.75) is 25.3 Å². The molecule has 1 heterocycles. The summed E-state index contributed by atoms with van der Waals surface area (Å²) >= 11 is 0. The first-order valence-electron chi connectivity index (χ1n) is 6.90. The monoisotopic (exact) mass is 274 g/mol.